The molecule has 0 radical (unpaired) electrons. The first-order chi connectivity index (χ1) is 12.0. The van der Waals surface area contributed by atoms with Gasteiger partial charge in [0.15, 0.2) is 0 Å². The molecule has 0 fully saturated rings. The molecular formula is C17H17N3O5. The maximum atomic E-state index is 11.1. The average molecular weight is 343 g/mol. The molecule has 0 aliphatic carbocycles. The molecule has 0 aliphatic heterocycles. The molecule has 0 saturated carbocycles. The lowest BCUT2D eigenvalue weighted by molar-refractivity contribution is -0.483. The van der Waals surface area contributed by atoms with Crippen LogP contribution in [0, 0.1) is 20.2 Å². The average Bonchev–Trinajstić information content (AvgIpc) is 2.61. The van der Waals surface area contributed by atoms with Crippen LogP contribution in [0.5, 0.6) is 0 Å². The van der Waals surface area contributed by atoms with E-state index in [1.54, 1.807) is 60.7 Å². The molecule has 2 unspecified atom stereocenters. The Morgan fingerprint density at radius 3 is 1.48 bits per heavy atom. The van der Waals surface area contributed by atoms with Gasteiger partial charge in [0.1, 0.15) is 0 Å². The van der Waals surface area contributed by atoms with Crippen LogP contribution < -0.4 is 0 Å². The molecule has 0 amide bonds. The molecule has 2 atom stereocenters. The fourth-order valence-corrected chi connectivity index (χ4v) is 2.79. The highest BCUT2D eigenvalue weighted by Crippen LogP contribution is 2.28. The summed E-state index contributed by atoms with van der Waals surface area (Å²) >= 11 is 0. The number of oxime groups is 1. The standard InChI is InChI=1S/C17H17N3O5/c21-18-17(15(11-19(22)23)13-7-3-1-4-8-13)16(12-20(24)25)14-9-5-2-6-10-14/h1-10,15-16,21H,11-12H2. The van der Waals surface area contributed by atoms with Crippen molar-refractivity contribution in [3.05, 3.63) is 92.0 Å². The van der Waals surface area contributed by atoms with Crippen LogP contribution in [0.1, 0.15) is 23.0 Å². The third-order valence-electron chi connectivity index (χ3n) is 3.90. The van der Waals surface area contributed by atoms with Gasteiger partial charge in [0.25, 0.3) is 0 Å². The molecule has 25 heavy (non-hydrogen) atoms. The van der Waals surface area contributed by atoms with Crippen LogP contribution in [0.3, 0.4) is 0 Å². The minimum atomic E-state index is -0.869. The van der Waals surface area contributed by atoms with Gasteiger partial charge in [0, 0.05) is 9.85 Å². The Morgan fingerprint density at radius 2 is 1.20 bits per heavy atom. The lowest BCUT2D eigenvalue weighted by Crippen LogP contribution is -2.30. The molecule has 0 heterocycles. The summed E-state index contributed by atoms with van der Waals surface area (Å²) in [5, 5.41) is 35.1. The molecule has 2 rings (SSSR count). The van der Waals surface area contributed by atoms with E-state index in [1.807, 2.05) is 0 Å². The third-order valence-corrected chi connectivity index (χ3v) is 3.90. The first kappa shape index (κ1) is 18.1. The highest BCUT2D eigenvalue weighted by Gasteiger charge is 2.34. The van der Waals surface area contributed by atoms with Crippen molar-refractivity contribution in [1.82, 2.24) is 0 Å². The van der Waals surface area contributed by atoms with E-state index in [0.29, 0.717) is 11.1 Å². The molecule has 0 aromatic heterocycles. The van der Waals surface area contributed by atoms with Crippen molar-refractivity contribution < 1.29 is 15.1 Å². The fourth-order valence-electron chi connectivity index (χ4n) is 2.79. The summed E-state index contributed by atoms with van der Waals surface area (Å²) < 4.78 is 0. The van der Waals surface area contributed by atoms with E-state index in [9.17, 15) is 25.4 Å². The van der Waals surface area contributed by atoms with Crippen molar-refractivity contribution in [2.75, 3.05) is 13.1 Å². The largest absolute Gasteiger partial charge is 0.411 e. The topological polar surface area (TPSA) is 119 Å². The molecule has 0 saturated heterocycles. The molecule has 0 spiro atoms. The zero-order valence-corrected chi connectivity index (χ0v) is 13.3. The van der Waals surface area contributed by atoms with Crippen LogP contribution >= 0.6 is 0 Å². The van der Waals surface area contributed by atoms with Gasteiger partial charge in [-0.2, -0.15) is 0 Å². The predicted octanol–water partition coefficient (Wildman–Crippen LogP) is 2.94. The number of hydrogen-bond donors (Lipinski definition) is 1. The molecule has 1 N–H and O–H groups in total. The van der Waals surface area contributed by atoms with Crippen molar-refractivity contribution in [3.8, 4) is 0 Å². The van der Waals surface area contributed by atoms with E-state index in [4.69, 9.17) is 0 Å². The molecule has 130 valence electrons. The maximum absolute atomic E-state index is 11.1. The first-order valence-electron chi connectivity index (χ1n) is 7.58. The van der Waals surface area contributed by atoms with Crippen molar-refractivity contribution >= 4 is 5.71 Å². The molecule has 8 nitrogen and oxygen atoms in total. The third kappa shape index (κ3) is 4.84. The highest BCUT2D eigenvalue weighted by atomic mass is 16.6. The maximum Gasteiger partial charge on any atom is 0.216 e. The van der Waals surface area contributed by atoms with Crippen LogP contribution in [-0.2, 0) is 0 Å². The van der Waals surface area contributed by atoms with Crippen LogP contribution in [0.2, 0.25) is 0 Å². The fraction of sp³-hybridized carbons (Fsp3) is 0.235. The van der Waals surface area contributed by atoms with E-state index in [1.165, 1.54) is 0 Å². The van der Waals surface area contributed by atoms with Gasteiger partial charge in [-0.3, -0.25) is 20.2 Å². The Balaban J connectivity index is 2.49. The van der Waals surface area contributed by atoms with Crippen molar-refractivity contribution in [2.45, 2.75) is 11.8 Å². The molecule has 0 bridgehead atoms. The second kappa shape index (κ2) is 8.53. The Bertz CT molecular complexity index is 688. The summed E-state index contributed by atoms with van der Waals surface area (Å²) in [5.41, 5.74) is 1.14. The van der Waals surface area contributed by atoms with Crippen LogP contribution in [0.4, 0.5) is 0 Å². The summed E-state index contributed by atoms with van der Waals surface area (Å²) in [6.45, 7) is -1.05. The van der Waals surface area contributed by atoms with Gasteiger partial charge in [0.2, 0.25) is 13.1 Å². The summed E-state index contributed by atoms with van der Waals surface area (Å²) in [4.78, 5) is 21.2. The second-order valence-corrected chi connectivity index (χ2v) is 5.48. The van der Waals surface area contributed by atoms with Crippen LogP contribution in [-0.4, -0.2) is 33.9 Å². The first-order valence-corrected chi connectivity index (χ1v) is 7.58. The minimum absolute atomic E-state index is 0.00537. The number of benzene rings is 2. The summed E-state index contributed by atoms with van der Waals surface area (Å²) in [7, 11) is 0. The van der Waals surface area contributed by atoms with Gasteiger partial charge < -0.3 is 5.21 Å². The summed E-state index contributed by atoms with van der Waals surface area (Å²) in [5.74, 6) is -1.74. The van der Waals surface area contributed by atoms with Crippen LogP contribution in [0.25, 0.3) is 0 Å². The number of nitro groups is 2. The van der Waals surface area contributed by atoms with E-state index < -0.39 is 34.8 Å². The van der Waals surface area contributed by atoms with Gasteiger partial charge in [-0.25, -0.2) is 0 Å². The van der Waals surface area contributed by atoms with Gasteiger partial charge in [0.05, 0.1) is 17.5 Å². The van der Waals surface area contributed by atoms with Crippen molar-refractivity contribution in [2.24, 2.45) is 5.16 Å². The molecule has 8 heteroatoms. The molecule has 0 aliphatic rings. The monoisotopic (exact) mass is 343 g/mol. The van der Waals surface area contributed by atoms with Crippen molar-refractivity contribution in [3.63, 3.8) is 0 Å². The number of nitrogens with zero attached hydrogens (tertiary/aromatic N) is 3. The van der Waals surface area contributed by atoms with Gasteiger partial charge >= 0.3 is 0 Å². The van der Waals surface area contributed by atoms with Crippen LogP contribution in [0.15, 0.2) is 65.8 Å². The summed E-state index contributed by atoms with van der Waals surface area (Å²) in [6.07, 6.45) is 0. The van der Waals surface area contributed by atoms with Gasteiger partial charge in [-0.15, -0.1) is 0 Å². The SMILES string of the molecule is O=[N+]([O-])CC(C(=NO)C(C[N+](=O)[O-])c1ccccc1)c1ccccc1. The Hall–Kier alpha value is -3.29. The highest BCUT2D eigenvalue weighted by molar-refractivity contribution is 5.96. The lowest BCUT2D eigenvalue weighted by atomic mass is 9.83. The second-order valence-electron chi connectivity index (χ2n) is 5.48. The molecule has 2 aromatic carbocycles. The molecule has 2 aromatic rings. The van der Waals surface area contributed by atoms with Gasteiger partial charge in [-0.1, -0.05) is 65.8 Å². The minimum Gasteiger partial charge on any atom is -0.411 e. The number of hydrogen-bond acceptors (Lipinski definition) is 6. The smallest absolute Gasteiger partial charge is 0.216 e. The Morgan fingerprint density at radius 1 is 0.840 bits per heavy atom. The van der Waals surface area contributed by atoms with E-state index in [2.05, 4.69) is 5.16 Å². The Labute approximate surface area is 143 Å². The van der Waals surface area contributed by atoms with Crippen molar-refractivity contribution in [1.29, 1.82) is 0 Å². The predicted molar refractivity (Wildman–Crippen MR) is 91.3 cm³/mol. The zero-order valence-electron chi connectivity index (χ0n) is 13.3. The zero-order chi connectivity index (χ0) is 18.2. The van der Waals surface area contributed by atoms with Gasteiger partial charge in [-0.05, 0) is 11.1 Å². The van der Waals surface area contributed by atoms with E-state index in [-0.39, 0.29) is 5.71 Å². The molecular weight excluding hydrogens is 326 g/mol. The quantitative estimate of drug-likeness (QED) is 0.342. The van der Waals surface area contributed by atoms with E-state index >= 15 is 0 Å². The summed E-state index contributed by atoms with van der Waals surface area (Å²) in [6, 6.07) is 17.1. The normalized spacial score (nSPS) is 12.8. The lowest BCUT2D eigenvalue weighted by Gasteiger charge is -2.21. The Kier molecular flexibility index (Phi) is 6.16. The van der Waals surface area contributed by atoms with E-state index in [0.717, 1.165) is 0 Å². The number of rotatable bonds is 8.